The van der Waals surface area contributed by atoms with Gasteiger partial charge in [-0.25, -0.2) is 9.37 Å². The highest BCUT2D eigenvalue weighted by molar-refractivity contribution is 9.10. The average molecular weight is 337 g/mol. The molecule has 0 fully saturated rings. The Hall–Kier alpha value is -1.37. The van der Waals surface area contributed by atoms with Gasteiger partial charge in [0.25, 0.3) is 0 Å². The van der Waals surface area contributed by atoms with E-state index in [1.165, 1.54) is 13.1 Å². The van der Waals surface area contributed by atoms with Crippen LogP contribution in [0.3, 0.4) is 0 Å². The zero-order valence-corrected chi connectivity index (χ0v) is 11.6. The molecule has 2 nitrogen and oxygen atoms in total. The van der Waals surface area contributed by atoms with Gasteiger partial charge in [0, 0.05) is 12.7 Å². The normalized spacial score (nSPS) is 11.9. The first-order valence-electron chi connectivity index (χ1n) is 5.30. The molecular formula is C12H9BrF4N2. The summed E-state index contributed by atoms with van der Waals surface area (Å²) in [5.41, 5.74) is -0.529. The van der Waals surface area contributed by atoms with E-state index < -0.39 is 17.7 Å². The minimum atomic E-state index is -4.57. The molecular weight excluding hydrogens is 328 g/mol. The van der Waals surface area contributed by atoms with Crippen molar-refractivity contribution in [3.63, 3.8) is 0 Å². The first kappa shape index (κ1) is 14.0. The number of benzene rings is 1. The van der Waals surface area contributed by atoms with E-state index in [9.17, 15) is 17.6 Å². The fourth-order valence-corrected chi connectivity index (χ4v) is 2.38. The van der Waals surface area contributed by atoms with E-state index in [0.29, 0.717) is 5.56 Å². The Bertz CT molecular complexity index is 652. The van der Waals surface area contributed by atoms with Crippen LogP contribution in [0.4, 0.5) is 23.2 Å². The Morgan fingerprint density at radius 1 is 1.26 bits per heavy atom. The maximum Gasteiger partial charge on any atom is 0.433 e. The van der Waals surface area contributed by atoms with Crippen molar-refractivity contribution in [2.24, 2.45) is 0 Å². The average Bonchev–Trinajstić information content (AvgIpc) is 2.33. The number of hydrogen-bond acceptors (Lipinski definition) is 2. The highest BCUT2D eigenvalue weighted by Crippen LogP contribution is 2.36. The zero-order chi connectivity index (χ0) is 14.4. The Balaban J connectivity index is 2.93. The summed E-state index contributed by atoms with van der Waals surface area (Å²) in [5, 5.41) is 2.62. The molecule has 0 amide bonds. The third-order valence-electron chi connectivity index (χ3n) is 2.73. The van der Waals surface area contributed by atoms with E-state index in [1.807, 2.05) is 0 Å². The minimum absolute atomic E-state index is 0.000116. The largest absolute Gasteiger partial charge is 0.433 e. The highest BCUT2D eigenvalue weighted by atomic mass is 79.9. The van der Waals surface area contributed by atoms with Crippen LogP contribution in [0.25, 0.3) is 10.9 Å². The summed E-state index contributed by atoms with van der Waals surface area (Å²) in [6.45, 7) is 1.58. The van der Waals surface area contributed by atoms with Crippen LogP contribution in [0.5, 0.6) is 0 Å². The van der Waals surface area contributed by atoms with Gasteiger partial charge in [0.05, 0.1) is 15.4 Å². The second-order valence-electron chi connectivity index (χ2n) is 4.02. The summed E-state index contributed by atoms with van der Waals surface area (Å²) in [4.78, 5) is 3.53. The molecule has 102 valence electrons. The fraction of sp³-hybridized carbons (Fsp3) is 0.250. The molecule has 0 saturated heterocycles. The summed E-state index contributed by atoms with van der Waals surface area (Å²) >= 11 is 3.04. The molecule has 0 aliphatic rings. The van der Waals surface area contributed by atoms with Gasteiger partial charge in [0.1, 0.15) is 11.5 Å². The Morgan fingerprint density at radius 3 is 2.42 bits per heavy atom. The summed E-state index contributed by atoms with van der Waals surface area (Å²) in [6, 6.07) is 2.21. The van der Waals surface area contributed by atoms with Crippen molar-refractivity contribution >= 4 is 32.5 Å². The molecule has 2 rings (SSSR count). The molecule has 0 aliphatic carbocycles. The molecule has 7 heteroatoms. The second-order valence-corrected chi connectivity index (χ2v) is 4.87. The first-order chi connectivity index (χ1) is 8.75. The summed E-state index contributed by atoms with van der Waals surface area (Å²) in [6.07, 6.45) is -4.57. The number of alkyl halides is 3. The van der Waals surface area contributed by atoms with Crippen molar-refractivity contribution in [1.82, 2.24) is 4.98 Å². The highest BCUT2D eigenvalue weighted by Gasteiger charge is 2.34. The van der Waals surface area contributed by atoms with Crippen molar-refractivity contribution in [2.45, 2.75) is 13.1 Å². The van der Waals surface area contributed by atoms with Crippen LogP contribution in [0.1, 0.15) is 11.3 Å². The number of nitrogens with zero attached hydrogens (tertiary/aromatic N) is 1. The number of nitrogens with one attached hydrogen (secondary N) is 1. The van der Waals surface area contributed by atoms with E-state index in [0.717, 1.165) is 6.07 Å². The van der Waals surface area contributed by atoms with Crippen LogP contribution in [0.15, 0.2) is 16.6 Å². The van der Waals surface area contributed by atoms with Crippen molar-refractivity contribution in [1.29, 1.82) is 0 Å². The predicted molar refractivity (Wildman–Crippen MR) is 68.7 cm³/mol. The molecule has 1 aromatic heterocycles. The van der Waals surface area contributed by atoms with E-state index in [-0.39, 0.29) is 21.1 Å². The van der Waals surface area contributed by atoms with Crippen LogP contribution in [-0.4, -0.2) is 12.0 Å². The maximum atomic E-state index is 14.0. The van der Waals surface area contributed by atoms with Gasteiger partial charge in [-0.3, -0.25) is 0 Å². The topological polar surface area (TPSA) is 24.9 Å². The van der Waals surface area contributed by atoms with Crippen molar-refractivity contribution in [3.8, 4) is 0 Å². The molecule has 0 unspecified atom stereocenters. The lowest BCUT2D eigenvalue weighted by molar-refractivity contribution is -0.140. The summed E-state index contributed by atoms with van der Waals surface area (Å²) in [7, 11) is 1.44. The molecule has 0 atom stereocenters. The fourth-order valence-electron chi connectivity index (χ4n) is 1.84. The van der Waals surface area contributed by atoms with Crippen molar-refractivity contribution in [3.05, 3.63) is 33.7 Å². The molecule has 0 radical (unpaired) electrons. The number of aryl methyl sites for hydroxylation is 1. The Morgan fingerprint density at radius 2 is 1.89 bits per heavy atom. The standard InChI is InChI=1S/C12H9BrF4N2/c1-5-3-6(13)10(14)9-7(18-2)4-8(12(15,16)17)19-11(5)9/h3-4H,1-2H3,(H,18,19). The van der Waals surface area contributed by atoms with Gasteiger partial charge >= 0.3 is 6.18 Å². The molecule has 1 aromatic carbocycles. The first-order valence-corrected chi connectivity index (χ1v) is 6.09. The molecule has 19 heavy (non-hydrogen) atoms. The lowest BCUT2D eigenvalue weighted by atomic mass is 10.1. The molecule has 0 saturated carbocycles. The van der Waals surface area contributed by atoms with Gasteiger partial charge in [0.15, 0.2) is 0 Å². The molecule has 2 aromatic rings. The quantitative estimate of drug-likeness (QED) is 0.775. The number of rotatable bonds is 1. The van der Waals surface area contributed by atoms with Gasteiger partial charge in [-0.05, 0) is 40.5 Å². The molecule has 0 spiro atoms. The van der Waals surface area contributed by atoms with Crippen LogP contribution in [0, 0.1) is 12.7 Å². The second kappa shape index (κ2) is 4.63. The third kappa shape index (κ3) is 2.39. The van der Waals surface area contributed by atoms with Crippen LogP contribution >= 0.6 is 15.9 Å². The van der Waals surface area contributed by atoms with E-state index >= 15 is 0 Å². The van der Waals surface area contributed by atoms with Gasteiger partial charge in [-0.2, -0.15) is 13.2 Å². The Kier molecular flexibility index (Phi) is 3.42. The molecule has 1 N–H and O–H groups in total. The molecule has 1 heterocycles. The van der Waals surface area contributed by atoms with E-state index in [4.69, 9.17) is 0 Å². The molecule has 0 bridgehead atoms. The minimum Gasteiger partial charge on any atom is -0.387 e. The predicted octanol–water partition coefficient (Wildman–Crippen LogP) is 4.51. The van der Waals surface area contributed by atoms with Gasteiger partial charge in [-0.15, -0.1) is 0 Å². The SMILES string of the molecule is CNc1cc(C(F)(F)F)nc2c(C)cc(Br)c(F)c12. The zero-order valence-electron chi connectivity index (χ0n) is 9.99. The van der Waals surface area contributed by atoms with Crippen LogP contribution < -0.4 is 5.32 Å². The molecule has 0 aliphatic heterocycles. The van der Waals surface area contributed by atoms with Gasteiger partial charge in [0.2, 0.25) is 0 Å². The summed E-state index contributed by atoms with van der Waals surface area (Å²) in [5.74, 6) is -0.633. The number of fused-ring (bicyclic) bond motifs is 1. The van der Waals surface area contributed by atoms with E-state index in [1.54, 1.807) is 6.92 Å². The number of halogens is 5. The van der Waals surface area contributed by atoms with Gasteiger partial charge in [-0.1, -0.05) is 0 Å². The smallest absolute Gasteiger partial charge is 0.387 e. The van der Waals surface area contributed by atoms with Crippen LogP contribution in [-0.2, 0) is 6.18 Å². The lowest BCUT2D eigenvalue weighted by Gasteiger charge is -2.14. The number of aromatic nitrogens is 1. The third-order valence-corrected chi connectivity index (χ3v) is 3.30. The number of anilines is 1. The number of hydrogen-bond donors (Lipinski definition) is 1. The monoisotopic (exact) mass is 336 g/mol. The van der Waals surface area contributed by atoms with Crippen LogP contribution in [0.2, 0.25) is 0 Å². The lowest BCUT2D eigenvalue weighted by Crippen LogP contribution is -2.10. The van der Waals surface area contributed by atoms with Crippen molar-refractivity contribution < 1.29 is 17.6 Å². The van der Waals surface area contributed by atoms with Gasteiger partial charge < -0.3 is 5.32 Å². The number of pyridine rings is 1. The summed E-state index contributed by atoms with van der Waals surface area (Å²) < 4.78 is 52.5. The van der Waals surface area contributed by atoms with Crippen molar-refractivity contribution in [2.75, 3.05) is 12.4 Å². The van der Waals surface area contributed by atoms with E-state index in [2.05, 4.69) is 26.2 Å². The Labute approximate surface area is 115 Å². The maximum absolute atomic E-state index is 14.0.